The summed E-state index contributed by atoms with van der Waals surface area (Å²) in [6.45, 7) is 6.52. The van der Waals surface area contributed by atoms with Crippen LogP contribution in [0.2, 0.25) is 0 Å². The van der Waals surface area contributed by atoms with E-state index in [4.69, 9.17) is 10.5 Å². The first-order valence-electron chi connectivity index (χ1n) is 6.67. The van der Waals surface area contributed by atoms with Crippen LogP contribution >= 0.6 is 0 Å². The molecule has 0 bridgehead atoms. The highest BCUT2D eigenvalue weighted by Gasteiger charge is 2.13. The standard InChI is InChI=1S/C15H24N2O2/c1-5-12(9-16)8-14(18)17-13-7-6-10(2)15(19-4)11(13)3/h6-7,12H,5,8-9,16H2,1-4H3,(H,17,18). The van der Waals surface area contributed by atoms with Gasteiger partial charge in [0, 0.05) is 17.7 Å². The van der Waals surface area contributed by atoms with Crippen molar-refractivity contribution >= 4 is 11.6 Å². The molecule has 4 nitrogen and oxygen atoms in total. The molecule has 0 radical (unpaired) electrons. The van der Waals surface area contributed by atoms with E-state index in [1.807, 2.05) is 32.9 Å². The number of carbonyl (C=O) groups is 1. The molecule has 0 aliphatic carbocycles. The van der Waals surface area contributed by atoms with Crippen LogP contribution in [-0.2, 0) is 4.79 Å². The second kappa shape index (κ2) is 7.14. The van der Waals surface area contributed by atoms with Gasteiger partial charge in [-0.05, 0) is 37.9 Å². The predicted octanol–water partition coefficient (Wildman–Crippen LogP) is 2.63. The first kappa shape index (κ1) is 15.5. The maximum absolute atomic E-state index is 12.0. The Balaban J connectivity index is 2.80. The quantitative estimate of drug-likeness (QED) is 0.830. The molecule has 0 saturated heterocycles. The maximum Gasteiger partial charge on any atom is 0.224 e. The molecule has 1 aromatic rings. The zero-order valence-electron chi connectivity index (χ0n) is 12.2. The minimum Gasteiger partial charge on any atom is -0.496 e. The number of nitrogens with two attached hydrogens (primary N) is 1. The minimum atomic E-state index is 0.00584. The van der Waals surface area contributed by atoms with Crippen molar-refractivity contribution in [3.8, 4) is 5.75 Å². The highest BCUT2D eigenvalue weighted by molar-refractivity contribution is 5.92. The number of rotatable bonds is 6. The third kappa shape index (κ3) is 3.96. The van der Waals surface area contributed by atoms with E-state index in [1.165, 1.54) is 0 Å². The van der Waals surface area contributed by atoms with Crippen molar-refractivity contribution in [3.05, 3.63) is 23.3 Å². The van der Waals surface area contributed by atoms with Gasteiger partial charge in [-0.25, -0.2) is 0 Å². The number of benzene rings is 1. The summed E-state index contributed by atoms with van der Waals surface area (Å²) in [5.41, 5.74) is 8.44. The van der Waals surface area contributed by atoms with Gasteiger partial charge in [0.1, 0.15) is 5.75 Å². The number of nitrogens with one attached hydrogen (secondary N) is 1. The van der Waals surface area contributed by atoms with E-state index >= 15 is 0 Å². The summed E-state index contributed by atoms with van der Waals surface area (Å²) in [5, 5.41) is 2.94. The third-order valence-electron chi connectivity index (χ3n) is 3.47. The summed E-state index contributed by atoms with van der Waals surface area (Å²) in [6.07, 6.45) is 1.38. The lowest BCUT2D eigenvalue weighted by Gasteiger charge is -2.16. The van der Waals surface area contributed by atoms with E-state index in [-0.39, 0.29) is 11.8 Å². The summed E-state index contributed by atoms with van der Waals surface area (Å²) < 4.78 is 5.35. The van der Waals surface area contributed by atoms with Crippen molar-refractivity contribution in [3.63, 3.8) is 0 Å². The lowest BCUT2D eigenvalue weighted by Crippen LogP contribution is -2.22. The fourth-order valence-corrected chi connectivity index (χ4v) is 2.13. The number of hydrogen-bond acceptors (Lipinski definition) is 3. The van der Waals surface area contributed by atoms with E-state index < -0.39 is 0 Å². The fraction of sp³-hybridized carbons (Fsp3) is 0.533. The van der Waals surface area contributed by atoms with Crippen LogP contribution in [-0.4, -0.2) is 19.6 Å². The molecule has 3 N–H and O–H groups in total. The smallest absolute Gasteiger partial charge is 0.224 e. The normalized spacial score (nSPS) is 12.1. The van der Waals surface area contributed by atoms with E-state index in [0.717, 1.165) is 29.0 Å². The Morgan fingerprint density at radius 2 is 2.11 bits per heavy atom. The third-order valence-corrected chi connectivity index (χ3v) is 3.47. The van der Waals surface area contributed by atoms with Crippen LogP contribution in [0.1, 0.15) is 30.9 Å². The Morgan fingerprint density at radius 3 is 2.63 bits per heavy atom. The number of anilines is 1. The van der Waals surface area contributed by atoms with Crippen LogP contribution in [0.25, 0.3) is 0 Å². The fourth-order valence-electron chi connectivity index (χ4n) is 2.13. The number of amides is 1. The lowest BCUT2D eigenvalue weighted by molar-refractivity contribution is -0.117. The van der Waals surface area contributed by atoms with Gasteiger partial charge < -0.3 is 15.8 Å². The highest BCUT2D eigenvalue weighted by Crippen LogP contribution is 2.29. The Labute approximate surface area is 115 Å². The van der Waals surface area contributed by atoms with Crippen LogP contribution in [0, 0.1) is 19.8 Å². The zero-order valence-corrected chi connectivity index (χ0v) is 12.2. The molecule has 1 amide bonds. The SMILES string of the molecule is CCC(CN)CC(=O)Nc1ccc(C)c(OC)c1C. The van der Waals surface area contributed by atoms with Gasteiger partial charge >= 0.3 is 0 Å². The molecule has 1 aromatic carbocycles. The number of hydrogen-bond donors (Lipinski definition) is 2. The average Bonchev–Trinajstić information content (AvgIpc) is 2.40. The highest BCUT2D eigenvalue weighted by atomic mass is 16.5. The molecule has 0 heterocycles. The van der Waals surface area contributed by atoms with Gasteiger partial charge in [0.2, 0.25) is 5.91 Å². The van der Waals surface area contributed by atoms with E-state index in [9.17, 15) is 4.79 Å². The van der Waals surface area contributed by atoms with Gasteiger partial charge in [0.25, 0.3) is 0 Å². The molecule has 0 spiro atoms. The van der Waals surface area contributed by atoms with Crippen LogP contribution in [0.3, 0.4) is 0 Å². The monoisotopic (exact) mass is 264 g/mol. The molecule has 19 heavy (non-hydrogen) atoms. The first-order valence-corrected chi connectivity index (χ1v) is 6.67. The summed E-state index contributed by atoms with van der Waals surface area (Å²) in [4.78, 5) is 12.0. The minimum absolute atomic E-state index is 0.00584. The Hall–Kier alpha value is -1.55. The summed E-state index contributed by atoms with van der Waals surface area (Å²) in [5.74, 6) is 1.07. The number of aryl methyl sites for hydroxylation is 1. The number of carbonyl (C=O) groups excluding carboxylic acids is 1. The van der Waals surface area contributed by atoms with Crippen molar-refractivity contribution < 1.29 is 9.53 Å². The molecule has 0 aliphatic rings. The van der Waals surface area contributed by atoms with Crippen LogP contribution in [0.4, 0.5) is 5.69 Å². The Kier molecular flexibility index (Phi) is 5.83. The topological polar surface area (TPSA) is 64.4 Å². The van der Waals surface area contributed by atoms with E-state index in [1.54, 1.807) is 7.11 Å². The summed E-state index contributed by atoms with van der Waals surface area (Å²) in [7, 11) is 1.64. The Bertz CT molecular complexity index is 440. The Morgan fingerprint density at radius 1 is 1.42 bits per heavy atom. The lowest BCUT2D eigenvalue weighted by atomic mass is 10.0. The van der Waals surface area contributed by atoms with Crippen molar-refractivity contribution in [2.24, 2.45) is 11.7 Å². The van der Waals surface area contributed by atoms with Crippen molar-refractivity contribution in [1.29, 1.82) is 0 Å². The molecule has 0 aromatic heterocycles. The molecule has 1 unspecified atom stereocenters. The van der Waals surface area contributed by atoms with Gasteiger partial charge in [-0.15, -0.1) is 0 Å². The molecule has 0 aliphatic heterocycles. The van der Waals surface area contributed by atoms with E-state index in [2.05, 4.69) is 5.32 Å². The second-order valence-electron chi connectivity index (χ2n) is 4.85. The molecule has 1 atom stereocenters. The summed E-state index contributed by atoms with van der Waals surface area (Å²) in [6, 6.07) is 3.86. The van der Waals surface area contributed by atoms with E-state index in [0.29, 0.717) is 13.0 Å². The van der Waals surface area contributed by atoms with Crippen molar-refractivity contribution in [1.82, 2.24) is 0 Å². The van der Waals surface area contributed by atoms with Gasteiger partial charge in [-0.3, -0.25) is 4.79 Å². The molecule has 0 fully saturated rings. The van der Waals surface area contributed by atoms with Crippen LogP contribution in [0.5, 0.6) is 5.75 Å². The summed E-state index contributed by atoms with van der Waals surface area (Å²) >= 11 is 0. The van der Waals surface area contributed by atoms with Crippen LogP contribution < -0.4 is 15.8 Å². The largest absolute Gasteiger partial charge is 0.496 e. The van der Waals surface area contributed by atoms with Gasteiger partial charge in [-0.2, -0.15) is 0 Å². The number of ether oxygens (including phenoxy) is 1. The molecule has 106 valence electrons. The maximum atomic E-state index is 12.0. The van der Waals surface area contributed by atoms with Gasteiger partial charge in [0.05, 0.1) is 7.11 Å². The molecule has 1 rings (SSSR count). The molecule has 4 heteroatoms. The van der Waals surface area contributed by atoms with Crippen LogP contribution in [0.15, 0.2) is 12.1 Å². The van der Waals surface area contributed by atoms with Crippen molar-refractivity contribution in [2.75, 3.05) is 19.0 Å². The molecular weight excluding hydrogens is 240 g/mol. The van der Waals surface area contributed by atoms with Crippen molar-refractivity contribution in [2.45, 2.75) is 33.6 Å². The number of methoxy groups -OCH3 is 1. The van der Waals surface area contributed by atoms with Gasteiger partial charge in [0.15, 0.2) is 0 Å². The zero-order chi connectivity index (χ0) is 14.4. The predicted molar refractivity (Wildman–Crippen MR) is 78.6 cm³/mol. The van der Waals surface area contributed by atoms with Gasteiger partial charge in [-0.1, -0.05) is 19.4 Å². The molecule has 0 saturated carbocycles. The molecular formula is C15H24N2O2. The first-order chi connectivity index (χ1) is 9.03. The second-order valence-corrected chi connectivity index (χ2v) is 4.85. The average molecular weight is 264 g/mol.